The van der Waals surface area contributed by atoms with Crippen LogP contribution in [-0.2, 0) is 20.9 Å². The molecule has 0 radical (unpaired) electrons. The number of nitrogens with zero attached hydrogens (tertiary/aromatic N) is 1. The van der Waals surface area contributed by atoms with E-state index in [9.17, 15) is 9.59 Å². The van der Waals surface area contributed by atoms with E-state index in [1.165, 1.54) is 4.90 Å². The van der Waals surface area contributed by atoms with Crippen LogP contribution in [0.2, 0.25) is 0 Å². The van der Waals surface area contributed by atoms with E-state index in [-0.39, 0.29) is 12.5 Å². The number of benzene rings is 1. The van der Waals surface area contributed by atoms with E-state index >= 15 is 0 Å². The minimum absolute atomic E-state index is 0.123. The maximum atomic E-state index is 11.9. The number of amides is 1. The summed E-state index contributed by atoms with van der Waals surface area (Å²) in [4.78, 5) is 24.0. The molecule has 1 amide bonds. The van der Waals surface area contributed by atoms with Gasteiger partial charge in [0.25, 0.3) is 0 Å². The molecule has 0 fully saturated rings. The Balaban J connectivity index is 2.20. The van der Waals surface area contributed by atoms with Gasteiger partial charge in [0.2, 0.25) is 5.91 Å². The predicted octanol–water partition coefficient (Wildman–Crippen LogP) is 2.31. The highest BCUT2D eigenvalue weighted by Crippen LogP contribution is 2.03. The predicted molar refractivity (Wildman–Crippen MR) is 79.8 cm³/mol. The van der Waals surface area contributed by atoms with Gasteiger partial charge < -0.3 is 14.7 Å². The van der Waals surface area contributed by atoms with Crippen molar-refractivity contribution >= 4 is 11.9 Å². The molecule has 0 bridgehead atoms. The number of carbonyl (C=O) groups excluding carboxylic acids is 1. The zero-order valence-electron chi connectivity index (χ0n) is 12.5. The van der Waals surface area contributed by atoms with Gasteiger partial charge in [-0.25, -0.2) is 0 Å². The highest BCUT2D eigenvalue weighted by molar-refractivity contribution is 5.81. The van der Waals surface area contributed by atoms with Crippen LogP contribution >= 0.6 is 0 Å². The molecule has 0 saturated carbocycles. The number of aliphatic carboxylic acids is 1. The average molecular weight is 293 g/mol. The summed E-state index contributed by atoms with van der Waals surface area (Å²) in [5, 5.41) is 8.78. The van der Waals surface area contributed by atoms with Crippen LogP contribution in [0.5, 0.6) is 0 Å². The van der Waals surface area contributed by atoms with E-state index in [4.69, 9.17) is 9.84 Å². The van der Waals surface area contributed by atoms with Crippen molar-refractivity contribution in [3.05, 3.63) is 35.9 Å². The zero-order chi connectivity index (χ0) is 15.5. The molecule has 1 rings (SSSR count). The number of carboxylic acid groups (broad SMARTS) is 1. The Morgan fingerprint density at radius 3 is 2.57 bits per heavy atom. The summed E-state index contributed by atoms with van der Waals surface area (Å²) in [6.45, 7) is 3.20. The maximum absolute atomic E-state index is 11.9. The minimum atomic E-state index is -0.975. The van der Waals surface area contributed by atoms with Crippen molar-refractivity contribution in [3.8, 4) is 0 Å². The lowest BCUT2D eigenvalue weighted by Gasteiger charge is -2.19. The van der Waals surface area contributed by atoms with Crippen molar-refractivity contribution in [1.29, 1.82) is 0 Å². The SMILES string of the molecule is CCCN(CC(=O)O)C(=O)CCCOCc1ccccc1. The summed E-state index contributed by atoms with van der Waals surface area (Å²) >= 11 is 0. The van der Waals surface area contributed by atoms with E-state index < -0.39 is 5.97 Å². The summed E-state index contributed by atoms with van der Waals surface area (Å²) in [7, 11) is 0. The van der Waals surface area contributed by atoms with Crippen molar-refractivity contribution < 1.29 is 19.4 Å². The minimum Gasteiger partial charge on any atom is -0.480 e. The monoisotopic (exact) mass is 293 g/mol. The first-order valence-corrected chi connectivity index (χ1v) is 7.24. The van der Waals surface area contributed by atoms with Gasteiger partial charge in [-0.1, -0.05) is 37.3 Å². The van der Waals surface area contributed by atoms with Crippen LogP contribution in [0.1, 0.15) is 31.7 Å². The molecule has 0 saturated heterocycles. The number of carbonyl (C=O) groups is 2. The van der Waals surface area contributed by atoms with Crippen LogP contribution in [0.3, 0.4) is 0 Å². The van der Waals surface area contributed by atoms with Crippen LogP contribution < -0.4 is 0 Å². The molecule has 0 spiro atoms. The van der Waals surface area contributed by atoms with Gasteiger partial charge >= 0.3 is 5.97 Å². The molecule has 21 heavy (non-hydrogen) atoms. The van der Waals surface area contributed by atoms with Gasteiger partial charge in [0, 0.05) is 19.6 Å². The Hall–Kier alpha value is -1.88. The standard InChI is InChI=1S/C16H23NO4/c1-2-10-17(12-16(19)20)15(18)9-6-11-21-13-14-7-4-3-5-8-14/h3-5,7-8H,2,6,9-13H2,1H3,(H,19,20). The molecule has 0 aromatic heterocycles. The fourth-order valence-electron chi connectivity index (χ4n) is 1.97. The first kappa shape index (κ1) is 17.2. The smallest absolute Gasteiger partial charge is 0.323 e. The van der Waals surface area contributed by atoms with Crippen LogP contribution in [0.15, 0.2) is 30.3 Å². The summed E-state index contributed by atoms with van der Waals surface area (Å²) in [5.74, 6) is -1.10. The Morgan fingerprint density at radius 2 is 1.95 bits per heavy atom. The lowest BCUT2D eigenvalue weighted by Crippen LogP contribution is -2.36. The molecular weight excluding hydrogens is 270 g/mol. The summed E-state index contributed by atoms with van der Waals surface area (Å²) < 4.78 is 5.50. The van der Waals surface area contributed by atoms with Crippen molar-refractivity contribution in [2.75, 3.05) is 19.7 Å². The normalized spacial score (nSPS) is 10.3. The number of rotatable bonds is 10. The van der Waals surface area contributed by atoms with E-state index in [0.29, 0.717) is 32.6 Å². The molecule has 1 aromatic carbocycles. The summed E-state index contributed by atoms with van der Waals surface area (Å²) in [6.07, 6.45) is 1.68. The van der Waals surface area contributed by atoms with Gasteiger partial charge in [-0.15, -0.1) is 0 Å². The molecule has 0 aliphatic heterocycles. The van der Waals surface area contributed by atoms with Crippen LogP contribution in [0.25, 0.3) is 0 Å². The highest BCUT2D eigenvalue weighted by atomic mass is 16.5. The van der Waals surface area contributed by atoms with Crippen molar-refractivity contribution in [2.45, 2.75) is 32.8 Å². The quantitative estimate of drug-likeness (QED) is 0.672. The van der Waals surface area contributed by atoms with Gasteiger partial charge in [-0.05, 0) is 18.4 Å². The molecule has 0 aliphatic carbocycles. The molecule has 116 valence electrons. The number of carboxylic acids is 1. The topological polar surface area (TPSA) is 66.8 Å². The molecule has 5 nitrogen and oxygen atoms in total. The average Bonchev–Trinajstić information content (AvgIpc) is 2.47. The summed E-state index contributed by atoms with van der Waals surface area (Å²) in [5.41, 5.74) is 1.10. The van der Waals surface area contributed by atoms with E-state index in [1.807, 2.05) is 37.3 Å². The lowest BCUT2D eigenvalue weighted by atomic mass is 10.2. The molecule has 0 aliphatic rings. The van der Waals surface area contributed by atoms with Gasteiger partial charge in [0.05, 0.1) is 6.61 Å². The van der Waals surface area contributed by atoms with E-state index in [0.717, 1.165) is 12.0 Å². The third-order valence-corrected chi connectivity index (χ3v) is 2.96. The largest absolute Gasteiger partial charge is 0.480 e. The molecule has 0 atom stereocenters. The maximum Gasteiger partial charge on any atom is 0.323 e. The van der Waals surface area contributed by atoms with Crippen molar-refractivity contribution in [3.63, 3.8) is 0 Å². The number of hydrogen-bond acceptors (Lipinski definition) is 3. The third kappa shape index (κ3) is 7.46. The van der Waals surface area contributed by atoms with Crippen molar-refractivity contribution in [2.24, 2.45) is 0 Å². The van der Waals surface area contributed by atoms with Crippen LogP contribution in [0.4, 0.5) is 0 Å². The van der Waals surface area contributed by atoms with Gasteiger partial charge in [-0.3, -0.25) is 9.59 Å². The molecule has 5 heteroatoms. The lowest BCUT2D eigenvalue weighted by molar-refractivity contribution is -0.144. The molecular formula is C16H23NO4. The van der Waals surface area contributed by atoms with Gasteiger partial charge in [0.1, 0.15) is 6.54 Å². The van der Waals surface area contributed by atoms with E-state index in [1.54, 1.807) is 0 Å². The number of hydrogen-bond donors (Lipinski definition) is 1. The molecule has 1 aromatic rings. The first-order valence-electron chi connectivity index (χ1n) is 7.24. The first-order chi connectivity index (χ1) is 10.1. The van der Waals surface area contributed by atoms with Gasteiger partial charge in [0.15, 0.2) is 0 Å². The summed E-state index contributed by atoms with van der Waals surface area (Å²) in [6, 6.07) is 9.84. The van der Waals surface area contributed by atoms with Crippen molar-refractivity contribution in [1.82, 2.24) is 4.90 Å². The number of ether oxygens (including phenoxy) is 1. The molecule has 0 heterocycles. The third-order valence-electron chi connectivity index (χ3n) is 2.96. The Labute approximate surface area is 125 Å². The Morgan fingerprint density at radius 1 is 1.24 bits per heavy atom. The Kier molecular flexibility index (Phi) is 8.12. The molecule has 0 unspecified atom stereocenters. The second kappa shape index (κ2) is 9.94. The highest BCUT2D eigenvalue weighted by Gasteiger charge is 2.15. The Bertz CT molecular complexity index is 433. The van der Waals surface area contributed by atoms with Crippen LogP contribution in [0, 0.1) is 0 Å². The second-order valence-electron chi connectivity index (χ2n) is 4.85. The van der Waals surface area contributed by atoms with E-state index in [2.05, 4.69) is 0 Å². The zero-order valence-corrected chi connectivity index (χ0v) is 12.5. The van der Waals surface area contributed by atoms with Gasteiger partial charge in [-0.2, -0.15) is 0 Å². The fourth-order valence-corrected chi connectivity index (χ4v) is 1.97. The molecule has 1 N–H and O–H groups in total. The van der Waals surface area contributed by atoms with Crippen LogP contribution in [-0.4, -0.2) is 41.6 Å². The second-order valence-corrected chi connectivity index (χ2v) is 4.85. The fraction of sp³-hybridized carbons (Fsp3) is 0.500.